The van der Waals surface area contributed by atoms with Crippen molar-refractivity contribution in [2.45, 2.75) is 29.8 Å². The number of furan rings is 1. The first-order valence-electron chi connectivity index (χ1n) is 21.2. The maximum absolute atomic E-state index is 6.68. The van der Waals surface area contributed by atoms with Gasteiger partial charge >= 0.3 is 0 Å². The van der Waals surface area contributed by atoms with Crippen LogP contribution in [0.2, 0.25) is 0 Å². The summed E-state index contributed by atoms with van der Waals surface area (Å²) < 4.78 is 6.68. The zero-order valence-electron chi connectivity index (χ0n) is 33.1. The van der Waals surface area contributed by atoms with Crippen LogP contribution in [-0.4, -0.2) is 11.9 Å². The van der Waals surface area contributed by atoms with Crippen molar-refractivity contribution in [2.24, 2.45) is 10.9 Å². The minimum absolute atomic E-state index is 0.0444. The summed E-state index contributed by atoms with van der Waals surface area (Å²) in [4.78, 5) is 5.63. The molecule has 1 aliphatic heterocycles. The van der Waals surface area contributed by atoms with Crippen LogP contribution in [0, 0.1) is 5.92 Å². The number of hydrogen-bond acceptors (Lipinski definition) is 3. The Morgan fingerprint density at radius 1 is 0.633 bits per heavy atom. The lowest BCUT2D eigenvalue weighted by molar-refractivity contribution is 0.454. The molecule has 0 spiro atoms. The number of hydrogen-bond donors (Lipinski definition) is 1. The average Bonchev–Trinajstić information content (AvgIpc) is 3.86. The van der Waals surface area contributed by atoms with Crippen LogP contribution in [0.3, 0.4) is 0 Å². The molecule has 3 aliphatic carbocycles. The molecule has 4 atom stereocenters. The van der Waals surface area contributed by atoms with Crippen molar-refractivity contribution < 1.29 is 4.42 Å². The van der Waals surface area contributed by atoms with Crippen LogP contribution < -0.4 is 5.32 Å². The first kappa shape index (κ1) is 34.8. The van der Waals surface area contributed by atoms with E-state index in [4.69, 9.17) is 9.41 Å². The summed E-state index contributed by atoms with van der Waals surface area (Å²) in [7, 11) is 0. The van der Waals surface area contributed by atoms with E-state index in [2.05, 4.69) is 212 Å². The predicted octanol–water partition coefficient (Wildman–Crippen LogP) is 13.7. The second-order valence-electron chi connectivity index (χ2n) is 16.5. The van der Waals surface area contributed by atoms with Crippen molar-refractivity contribution in [3.05, 3.63) is 257 Å². The summed E-state index contributed by atoms with van der Waals surface area (Å²) >= 11 is 0. The predicted molar refractivity (Wildman–Crippen MR) is 247 cm³/mol. The van der Waals surface area contributed by atoms with Crippen LogP contribution in [0.5, 0.6) is 0 Å². The quantitative estimate of drug-likeness (QED) is 0.183. The normalized spacial score (nSPS) is 20.9. The number of para-hydroxylation sites is 1. The van der Waals surface area contributed by atoms with E-state index in [0.29, 0.717) is 5.92 Å². The van der Waals surface area contributed by atoms with E-state index in [1.54, 1.807) is 0 Å². The van der Waals surface area contributed by atoms with E-state index in [0.717, 1.165) is 45.7 Å². The molecule has 1 N–H and O–H groups in total. The maximum atomic E-state index is 6.68. The molecule has 4 unspecified atom stereocenters. The summed E-state index contributed by atoms with van der Waals surface area (Å²) in [5, 5.41) is 7.54. The lowest BCUT2D eigenvalue weighted by atomic mass is 9.62. The van der Waals surface area contributed by atoms with Gasteiger partial charge in [-0.2, -0.15) is 0 Å². The Labute approximate surface area is 350 Å². The van der Waals surface area contributed by atoms with E-state index in [1.807, 2.05) is 6.07 Å². The molecule has 0 saturated carbocycles. The first-order chi connectivity index (χ1) is 29.8. The highest BCUT2D eigenvalue weighted by atomic mass is 16.3. The summed E-state index contributed by atoms with van der Waals surface area (Å²) in [6.07, 6.45) is 16.9. The number of anilines is 1. The molecular formula is C57H42N2O. The van der Waals surface area contributed by atoms with Crippen molar-refractivity contribution in [1.82, 2.24) is 0 Å². The van der Waals surface area contributed by atoms with E-state index < -0.39 is 5.41 Å². The van der Waals surface area contributed by atoms with E-state index in [-0.39, 0.29) is 18.0 Å². The average molecular weight is 771 g/mol. The van der Waals surface area contributed by atoms with Gasteiger partial charge in [0.15, 0.2) is 5.76 Å². The molecule has 0 radical (unpaired) electrons. The zero-order chi connectivity index (χ0) is 39.6. The van der Waals surface area contributed by atoms with Crippen molar-refractivity contribution in [2.75, 3.05) is 5.32 Å². The fraction of sp³-hybridized carbons (Fsp3) is 0.105. The summed E-state index contributed by atoms with van der Waals surface area (Å²) in [6.45, 7) is 0. The van der Waals surface area contributed by atoms with Gasteiger partial charge in [-0.15, -0.1) is 0 Å². The lowest BCUT2D eigenvalue weighted by Crippen LogP contribution is -2.36. The Bertz CT molecular complexity index is 3070. The monoisotopic (exact) mass is 770 g/mol. The molecule has 286 valence electrons. The third kappa shape index (κ3) is 5.32. The number of allylic oxidation sites excluding steroid dienone is 6. The highest BCUT2D eigenvalue weighted by Gasteiger charge is 2.55. The van der Waals surface area contributed by atoms with E-state index in [1.165, 1.54) is 49.7 Å². The second-order valence-corrected chi connectivity index (χ2v) is 16.5. The first-order valence-corrected chi connectivity index (χ1v) is 21.2. The van der Waals surface area contributed by atoms with Crippen molar-refractivity contribution >= 4 is 33.1 Å². The Balaban J connectivity index is 1.10. The Morgan fingerprint density at radius 3 is 2.10 bits per heavy atom. The van der Waals surface area contributed by atoms with Gasteiger partial charge in [-0.25, -0.2) is 0 Å². The summed E-state index contributed by atoms with van der Waals surface area (Å²) in [6, 6.07) is 62.1. The minimum Gasteiger partial charge on any atom is -0.452 e. The zero-order valence-corrected chi connectivity index (χ0v) is 33.1. The number of rotatable bonds is 6. The Morgan fingerprint density at radius 2 is 1.33 bits per heavy atom. The fourth-order valence-corrected chi connectivity index (χ4v) is 10.8. The van der Waals surface area contributed by atoms with Crippen LogP contribution in [0.4, 0.5) is 5.69 Å². The molecule has 1 aromatic heterocycles. The molecule has 4 aliphatic rings. The third-order valence-corrected chi connectivity index (χ3v) is 13.3. The second kappa shape index (κ2) is 14.0. The molecule has 7 aromatic carbocycles. The van der Waals surface area contributed by atoms with Crippen LogP contribution >= 0.6 is 0 Å². The molecule has 60 heavy (non-hydrogen) atoms. The minimum atomic E-state index is -0.506. The summed E-state index contributed by atoms with van der Waals surface area (Å²) in [5.41, 5.74) is 13.6. The Hall–Kier alpha value is -7.23. The van der Waals surface area contributed by atoms with E-state index >= 15 is 0 Å². The Kier molecular flexibility index (Phi) is 8.09. The van der Waals surface area contributed by atoms with Crippen LogP contribution in [0.25, 0.3) is 32.9 Å². The molecule has 0 bridgehead atoms. The number of nitrogens with one attached hydrogen (secondary N) is 1. The van der Waals surface area contributed by atoms with Crippen LogP contribution in [0.1, 0.15) is 57.4 Å². The van der Waals surface area contributed by atoms with Crippen molar-refractivity contribution in [3.63, 3.8) is 0 Å². The molecule has 0 saturated heterocycles. The van der Waals surface area contributed by atoms with Gasteiger partial charge in [-0.3, -0.25) is 4.99 Å². The maximum Gasteiger partial charge on any atom is 0.177 e. The van der Waals surface area contributed by atoms with Gasteiger partial charge in [0.2, 0.25) is 0 Å². The molecule has 3 heteroatoms. The SMILES string of the molecule is C1=CCC(c2cccc(C3=NC(C4=CC5C(C=C4)c4c(-c6ccccc6)cc6ccccc6c4C5(c4ccccc4)c4ccccc4)Nc4c3oc3ccccc43)c2)C=C1. The van der Waals surface area contributed by atoms with Gasteiger partial charge in [-0.1, -0.05) is 188 Å². The molecule has 12 rings (SSSR count). The number of nitrogens with zero attached hydrogens (tertiary/aromatic N) is 1. The van der Waals surface area contributed by atoms with Gasteiger partial charge in [0.25, 0.3) is 0 Å². The highest BCUT2D eigenvalue weighted by molar-refractivity contribution is 6.19. The largest absolute Gasteiger partial charge is 0.452 e. The molecule has 0 amide bonds. The molecule has 3 nitrogen and oxygen atoms in total. The van der Waals surface area contributed by atoms with Gasteiger partial charge in [0, 0.05) is 28.7 Å². The smallest absolute Gasteiger partial charge is 0.177 e. The number of benzene rings is 7. The number of aliphatic imine (C=N–C) groups is 1. The van der Waals surface area contributed by atoms with Crippen molar-refractivity contribution in [1.29, 1.82) is 0 Å². The lowest BCUT2D eigenvalue weighted by Gasteiger charge is -2.40. The molecular weight excluding hydrogens is 729 g/mol. The van der Waals surface area contributed by atoms with Crippen molar-refractivity contribution in [3.8, 4) is 11.1 Å². The van der Waals surface area contributed by atoms with Gasteiger partial charge in [-0.05, 0) is 86.0 Å². The van der Waals surface area contributed by atoms with Gasteiger partial charge < -0.3 is 9.73 Å². The topological polar surface area (TPSA) is 37.5 Å². The molecule has 0 fully saturated rings. The molecule has 8 aromatic rings. The third-order valence-electron chi connectivity index (χ3n) is 13.3. The number of fused-ring (bicyclic) bond motifs is 8. The van der Waals surface area contributed by atoms with E-state index in [9.17, 15) is 0 Å². The standard InChI is InChI=1S/C57H42N2O/c1-5-18-37(19-6-1)39-23-17-24-41(34-39)53-55-54(47-30-15-16-31-50(47)60-55)59-56(58-53)42-32-33-46-49(36-42)57(43-25-9-3-10-26-43,44-27-11-4-12-28-44)52-45-29-14-13-22-40(45)35-48(51(46)52)38-20-7-2-8-21-38/h1-18,20-37,46,49,56,59H,19H2. The summed E-state index contributed by atoms with van der Waals surface area (Å²) in [5.74, 6) is 1.27. The van der Waals surface area contributed by atoms with Crippen LogP contribution in [-0.2, 0) is 5.41 Å². The fourth-order valence-electron chi connectivity index (χ4n) is 10.8. The van der Waals surface area contributed by atoms with Gasteiger partial charge in [0.05, 0.1) is 11.1 Å². The van der Waals surface area contributed by atoms with Crippen LogP contribution in [0.15, 0.2) is 227 Å². The highest BCUT2D eigenvalue weighted by Crippen LogP contribution is 2.63. The van der Waals surface area contributed by atoms with Gasteiger partial charge in [0.1, 0.15) is 17.5 Å². The molecule has 2 heterocycles.